The van der Waals surface area contributed by atoms with Gasteiger partial charge < -0.3 is 0 Å². The standard InChI is InChI=1S/C2H4Cl2O3P/c3-1-6-8(5)7-2-4/h1-2H2/q+1. The Balaban J connectivity index is 3.06. The molecule has 3 nitrogen and oxygen atoms in total. The highest BCUT2D eigenvalue weighted by atomic mass is 35.5. The van der Waals surface area contributed by atoms with Crippen LogP contribution in [0.5, 0.6) is 0 Å². The van der Waals surface area contributed by atoms with Crippen LogP contribution < -0.4 is 0 Å². The molecule has 0 fully saturated rings. The minimum atomic E-state index is -2.09. The molecule has 6 heteroatoms. The number of hydrogen-bond donors (Lipinski definition) is 0. The number of alkyl halides is 2. The van der Waals surface area contributed by atoms with Gasteiger partial charge in [0.05, 0.1) is 0 Å². The van der Waals surface area contributed by atoms with Gasteiger partial charge in [0, 0.05) is 4.57 Å². The summed E-state index contributed by atoms with van der Waals surface area (Å²) in [5.74, 6) is 0. The highest BCUT2D eigenvalue weighted by Gasteiger charge is 2.17. The fourth-order valence-electron chi connectivity index (χ4n) is 0.117. The lowest BCUT2D eigenvalue weighted by Crippen LogP contribution is -1.78. The molecule has 0 unspecified atom stereocenters. The minimum Gasteiger partial charge on any atom is -0.103 e. The molecule has 0 saturated carbocycles. The van der Waals surface area contributed by atoms with Gasteiger partial charge in [-0.1, -0.05) is 23.2 Å². The predicted molar refractivity (Wildman–Crippen MR) is 31.2 cm³/mol. The first-order valence-electron chi connectivity index (χ1n) is 1.66. The van der Waals surface area contributed by atoms with E-state index in [-0.39, 0.29) is 12.1 Å². The van der Waals surface area contributed by atoms with Crippen molar-refractivity contribution >= 4 is 31.5 Å². The van der Waals surface area contributed by atoms with Gasteiger partial charge in [-0.05, 0) is 0 Å². The molecule has 0 bridgehead atoms. The van der Waals surface area contributed by atoms with E-state index in [1.165, 1.54) is 0 Å². The molecule has 8 heavy (non-hydrogen) atoms. The van der Waals surface area contributed by atoms with Gasteiger partial charge in [-0.3, -0.25) is 0 Å². The summed E-state index contributed by atoms with van der Waals surface area (Å²) in [7, 11) is -2.09. The first kappa shape index (κ1) is 8.60. The lowest BCUT2D eigenvalue weighted by Gasteiger charge is -1.76. The van der Waals surface area contributed by atoms with Crippen molar-refractivity contribution in [3.63, 3.8) is 0 Å². The van der Waals surface area contributed by atoms with Crippen LogP contribution in [0.25, 0.3) is 0 Å². The largest absolute Gasteiger partial charge is 0.699 e. The molecule has 0 aliphatic carbocycles. The van der Waals surface area contributed by atoms with E-state index in [4.69, 9.17) is 23.2 Å². The van der Waals surface area contributed by atoms with Crippen molar-refractivity contribution in [3.8, 4) is 0 Å². The second-order valence-corrected chi connectivity index (χ2v) is 2.10. The Morgan fingerprint density at radius 3 is 1.88 bits per heavy atom. The summed E-state index contributed by atoms with van der Waals surface area (Å²) in [6.45, 7) is 0. The summed E-state index contributed by atoms with van der Waals surface area (Å²) in [6.07, 6.45) is 0. The highest BCUT2D eigenvalue weighted by molar-refractivity contribution is 7.33. The van der Waals surface area contributed by atoms with Gasteiger partial charge in [-0.15, -0.1) is 9.05 Å². The summed E-state index contributed by atoms with van der Waals surface area (Å²) in [6, 6.07) is -0.293. The zero-order chi connectivity index (χ0) is 6.41. The lowest BCUT2D eigenvalue weighted by atomic mass is 11.7. The van der Waals surface area contributed by atoms with E-state index in [9.17, 15) is 4.57 Å². The Bertz CT molecular complexity index is 69.7. The average molecular weight is 178 g/mol. The quantitative estimate of drug-likeness (QED) is 0.488. The van der Waals surface area contributed by atoms with Gasteiger partial charge in [0.2, 0.25) is 0 Å². The van der Waals surface area contributed by atoms with Gasteiger partial charge in [0.1, 0.15) is 0 Å². The fraction of sp³-hybridized carbons (Fsp3) is 1.00. The van der Waals surface area contributed by atoms with Gasteiger partial charge in [-0.25, -0.2) is 0 Å². The molecular formula is C2H4Cl2O3P+. The van der Waals surface area contributed by atoms with Crippen LogP contribution in [0.3, 0.4) is 0 Å². The highest BCUT2D eigenvalue weighted by Crippen LogP contribution is 2.23. The Hall–Kier alpha value is 0.600. The lowest BCUT2D eigenvalue weighted by molar-refractivity contribution is 0.281. The van der Waals surface area contributed by atoms with Crippen LogP contribution in [0, 0.1) is 0 Å². The molecule has 0 aromatic heterocycles. The van der Waals surface area contributed by atoms with E-state index in [1.807, 2.05) is 0 Å². The summed E-state index contributed by atoms with van der Waals surface area (Å²) in [5, 5.41) is 0. The van der Waals surface area contributed by atoms with Gasteiger partial charge in [-0.2, -0.15) is 0 Å². The Morgan fingerprint density at radius 1 is 1.25 bits per heavy atom. The number of rotatable bonds is 4. The third-order valence-electron chi connectivity index (χ3n) is 0.308. The second kappa shape index (κ2) is 5.73. The SMILES string of the molecule is O=[P+](OCCl)OCCl. The number of hydrogen-bond acceptors (Lipinski definition) is 3. The summed E-state index contributed by atoms with van der Waals surface area (Å²) in [5.41, 5.74) is 0. The van der Waals surface area contributed by atoms with Crippen molar-refractivity contribution in [2.24, 2.45) is 0 Å². The number of halogens is 2. The maximum Gasteiger partial charge on any atom is 0.699 e. The van der Waals surface area contributed by atoms with Crippen LogP contribution in [-0.4, -0.2) is 12.1 Å². The van der Waals surface area contributed by atoms with Crippen molar-refractivity contribution in [2.75, 3.05) is 12.1 Å². The normalized spacial score (nSPS) is 9.25. The Labute approximate surface area is 57.8 Å². The molecule has 48 valence electrons. The van der Waals surface area contributed by atoms with Crippen LogP contribution in [0.1, 0.15) is 0 Å². The molecule has 0 aliphatic heterocycles. The third-order valence-corrected chi connectivity index (χ3v) is 1.51. The van der Waals surface area contributed by atoms with Crippen molar-refractivity contribution in [2.45, 2.75) is 0 Å². The smallest absolute Gasteiger partial charge is 0.103 e. The van der Waals surface area contributed by atoms with E-state index < -0.39 is 8.25 Å². The van der Waals surface area contributed by atoms with Crippen LogP contribution in [0.4, 0.5) is 0 Å². The van der Waals surface area contributed by atoms with E-state index in [2.05, 4.69) is 9.05 Å². The van der Waals surface area contributed by atoms with Gasteiger partial charge in [0.15, 0.2) is 12.1 Å². The topological polar surface area (TPSA) is 35.5 Å². The zero-order valence-electron chi connectivity index (χ0n) is 3.84. The summed E-state index contributed by atoms with van der Waals surface area (Å²) in [4.78, 5) is 0. The van der Waals surface area contributed by atoms with Crippen LogP contribution >= 0.6 is 31.5 Å². The first-order valence-corrected chi connectivity index (χ1v) is 3.82. The van der Waals surface area contributed by atoms with E-state index in [0.29, 0.717) is 0 Å². The molecule has 0 aliphatic rings. The van der Waals surface area contributed by atoms with Crippen molar-refractivity contribution in [3.05, 3.63) is 0 Å². The van der Waals surface area contributed by atoms with E-state index >= 15 is 0 Å². The summed E-state index contributed by atoms with van der Waals surface area (Å²) >= 11 is 10.0. The van der Waals surface area contributed by atoms with Crippen molar-refractivity contribution in [1.29, 1.82) is 0 Å². The minimum absolute atomic E-state index is 0.147. The monoisotopic (exact) mass is 177 g/mol. The molecule has 0 saturated heterocycles. The molecule has 0 radical (unpaired) electrons. The molecular weight excluding hydrogens is 174 g/mol. The predicted octanol–water partition coefficient (Wildman–Crippen LogP) is 2.07. The molecule has 0 heterocycles. The molecule has 0 aromatic rings. The third kappa shape index (κ3) is 4.75. The Morgan fingerprint density at radius 2 is 1.62 bits per heavy atom. The fourth-order valence-corrected chi connectivity index (χ4v) is 0.829. The molecule has 0 N–H and O–H groups in total. The van der Waals surface area contributed by atoms with Crippen LogP contribution in [-0.2, 0) is 13.6 Å². The maximum absolute atomic E-state index is 10.2. The van der Waals surface area contributed by atoms with Gasteiger partial charge >= 0.3 is 8.25 Å². The van der Waals surface area contributed by atoms with Crippen molar-refractivity contribution in [1.82, 2.24) is 0 Å². The molecule has 0 amide bonds. The zero-order valence-corrected chi connectivity index (χ0v) is 6.25. The maximum atomic E-state index is 10.2. The van der Waals surface area contributed by atoms with Crippen LogP contribution in [0.15, 0.2) is 0 Å². The van der Waals surface area contributed by atoms with Gasteiger partial charge in [0.25, 0.3) is 0 Å². The summed E-state index contributed by atoms with van der Waals surface area (Å²) < 4.78 is 18.7. The Kier molecular flexibility index (Phi) is 6.16. The molecule has 0 spiro atoms. The van der Waals surface area contributed by atoms with Crippen molar-refractivity contribution < 1.29 is 13.6 Å². The first-order chi connectivity index (χ1) is 3.81. The van der Waals surface area contributed by atoms with Crippen LogP contribution in [0.2, 0.25) is 0 Å². The molecule has 0 rings (SSSR count). The molecule has 0 atom stereocenters. The van der Waals surface area contributed by atoms with E-state index in [1.54, 1.807) is 0 Å². The average Bonchev–Trinajstić information content (AvgIpc) is 1.68. The van der Waals surface area contributed by atoms with E-state index in [0.717, 1.165) is 0 Å². The second-order valence-electron chi connectivity index (χ2n) is 0.700. The molecule has 0 aromatic carbocycles.